The Balaban J connectivity index is 1.78. The fraction of sp³-hybridized carbons (Fsp3) is 0.333. The van der Waals surface area contributed by atoms with Gasteiger partial charge in [0.25, 0.3) is 0 Å². The van der Waals surface area contributed by atoms with Gasteiger partial charge < -0.3 is 16.0 Å². The first-order valence-corrected chi connectivity index (χ1v) is 9.29. The molecular weight excluding hydrogens is 364 g/mol. The van der Waals surface area contributed by atoms with Crippen LogP contribution in [0.1, 0.15) is 30.9 Å². The van der Waals surface area contributed by atoms with Crippen molar-refractivity contribution < 1.29 is 18.4 Å². The maximum absolute atomic E-state index is 12.9. The van der Waals surface area contributed by atoms with E-state index in [4.69, 9.17) is 0 Å². The van der Waals surface area contributed by atoms with Gasteiger partial charge in [0.15, 0.2) is 0 Å². The molecule has 3 N–H and O–H groups in total. The highest BCUT2D eigenvalue weighted by Gasteiger charge is 2.19. The maximum atomic E-state index is 12.9. The third-order valence-corrected chi connectivity index (χ3v) is 4.19. The van der Waals surface area contributed by atoms with Gasteiger partial charge in [-0.15, -0.1) is 0 Å². The van der Waals surface area contributed by atoms with Crippen LogP contribution in [0, 0.1) is 11.6 Å². The number of urea groups is 1. The number of nitrogens with one attached hydrogen (secondary N) is 3. The largest absolute Gasteiger partial charge is 0.354 e. The summed E-state index contributed by atoms with van der Waals surface area (Å²) >= 11 is 0. The van der Waals surface area contributed by atoms with E-state index in [9.17, 15) is 18.4 Å². The molecule has 0 aliphatic rings. The normalized spacial score (nSPS) is 11.5. The molecule has 0 fully saturated rings. The Morgan fingerprint density at radius 3 is 2.04 bits per heavy atom. The lowest BCUT2D eigenvalue weighted by Gasteiger charge is -2.18. The molecule has 0 radical (unpaired) electrons. The Labute approximate surface area is 163 Å². The molecule has 0 saturated carbocycles. The third-order valence-electron chi connectivity index (χ3n) is 4.19. The van der Waals surface area contributed by atoms with Crippen LogP contribution in [-0.4, -0.2) is 24.5 Å². The lowest BCUT2D eigenvalue weighted by atomic mass is 10.1. The molecule has 0 aliphatic heterocycles. The molecule has 2 aromatic carbocycles. The quantitative estimate of drug-likeness (QED) is 0.616. The van der Waals surface area contributed by atoms with Gasteiger partial charge in [-0.1, -0.05) is 37.6 Å². The zero-order valence-corrected chi connectivity index (χ0v) is 15.8. The average molecular weight is 389 g/mol. The molecule has 0 heterocycles. The van der Waals surface area contributed by atoms with Gasteiger partial charge in [-0.05, 0) is 48.2 Å². The number of rotatable bonds is 9. The smallest absolute Gasteiger partial charge is 0.315 e. The fourth-order valence-electron chi connectivity index (χ4n) is 2.66. The van der Waals surface area contributed by atoms with Crippen molar-refractivity contribution in [3.63, 3.8) is 0 Å². The van der Waals surface area contributed by atoms with E-state index in [2.05, 4.69) is 16.0 Å². The van der Waals surface area contributed by atoms with Crippen molar-refractivity contribution in [3.05, 3.63) is 71.3 Å². The van der Waals surface area contributed by atoms with Crippen LogP contribution in [0.5, 0.6) is 0 Å². The fourth-order valence-corrected chi connectivity index (χ4v) is 2.66. The summed E-state index contributed by atoms with van der Waals surface area (Å²) in [5, 5.41) is 8.13. The summed E-state index contributed by atoms with van der Waals surface area (Å²) in [6, 6.07) is 10.8. The van der Waals surface area contributed by atoms with Crippen LogP contribution in [0.4, 0.5) is 13.6 Å². The first kappa shape index (κ1) is 21.3. The van der Waals surface area contributed by atoms with E-state index >= 15 is 0 Å². The molecule has 3 amide bonds. The molecule has 0 aliphatic carbocycles. The summed E-state index contributed by atoms with van der Waals surface area (Å²) < 4.78 is 25.8. The van der Waals surface area contributed by atoms with Crippen molar-refractivity contribution in [2.45, 2.75) is 38.8 Å². The minimum absolute atomic E-state index is 0.233. The van der Waals surface area contributed by atoms with Crippen LogP contribution < -0.4 is 16.0 Å². The highest BCUT2D eigenvalue weighted by molar-refractivity contribution is 5.86. The van der Waals surface area contributed by atoms with Crippen molar-refractivity contribution in [3.8, 4) is 0 Å². The number of benzene rings is 2. The van der Waals surface area contributed by atoms with E-state index in [1.807, 2.05) is 6.92 Å². The van der Waals surface area contributed by atoms with E-state index in [1.165, 1.54) is 24.3 Å². The SMILES string of the molecule is CCCC(NC(=O)NCc1ccc(F)cc1)C(=O)NCCc1ccc(F)cc1. The topological polar surface area (TPSA) is 70.2 Å². The van der Waals surface area contributed by atoms with E-state index < -0.39 is 12.1 Å². The van der Waals surface area contributed by atoms with Crippen LogP contribution in [0.2, 0.25) is 0 Å². The van der Waals surface area contributed by atoms with Gasteiger partial charge in [-0.3, -0.25) is 4.79 Å². The highest BCUT2D eigenvalue weighted by Crippen LogP contribution is 2.04. The Morgan fingerprint density at radius 2 is 1.46 bits per heavy atom. The van der Waals surface area contributed by atoms with Gasteiger partial charge in [-0.2, -0.15) is 0 Å². The van der Waals surface area contributed by atoms with Gasteiger partial charge in [-0.25, -0.2) is 13.6 Å². The lowest BCUT2D eigenvalue weighted by molar-refractivity contribution is -0.123. The minimum atomic E-state index is -0.647. The van der Waals surface area contributed by atoms with E-state index in [0.717, 1.165) is 17.5 Å². The van der Waals surface area contributed by atoms with Crippen molar-refractivity contribution >= 4 is 11.9 Å². The molecule has 150 valence electrons. The Kier molecular flexibility index (Phi) is 8.39. The molecule has 0 aromatic heterocycles. The Morgan fingerprint density at radius 1 is 0.893 bits per heavy atom. The zero-order chi connectivity index (χ0) is 20.4. The van der Waals surface area contributed by atoms with Crippen molar-refractivity contribution in [2.24, 2.45) is 0 Å². The van der Waals surface area contributed by atoms with Gasteiger partial charge in [0.1, 0.15) is 17.7 Å². The molecule has 2 rings (SSSR count). The molecule has 1 unspecified atom stereocenters. The molecule has 2 aromatic rings. The first-order valence-electron chi connectivity index (χ1n) is 9.29. The Bertz CT molecular complexity index is 764. The van der Waals surface area contributed by atoms with E-state index in [1.54, 1.807) is 24.3 Å². The Hall–Kier alpha value is -2.96. The molecule has 28 heavy (non-hydrogen) atoms. The van der Waals surface area contributed by atoms with Crippen molar-refractivity contribution in [1.82, 2.24) is 16.0 Å². The second-order valence-electron chi connectivity index (χ2n) is 6.46. The highest BCUT2D eigenvalue weighted by atomic mass is 19.1. The zero-order valence-electron chi connectivity index (χ0n) is 15.8. The van der Waals surface area contributed by atoms with Gasteiger partial charge in [0.05, 0.1) is 0 Å². The molecule has 5 nitrogen and oxygen atoms in total. The van der Waals surface area contributed by atoms with Gasteiger partial charge in [0.2, 0.25) is 5.91 Å². The molecule has 0 spiro atoms. The van der Waals surface area contributed by atoms with E-state index in [0.29, 0.717) is 19.4 Å². The maximum Gasteiger partial charge on any atom is 0.315 e. The predicted molar refractivity (Wildman–Crippen MR) is 104 cm³/mol. The standard InChI is InChI=1S/C21H25F2N3O2/c1-2-3-19(20(27)24-13-12-15-4-8-17(22)9-5-15)26-21(28)25-14-16-6-10-18(23)11-7-16/h4-11,19H,2-3,12-14H2,1H3,(H,24,27)(H2,25,26,28). The molecule has 7 heteroatoms. The second kappa shape index (κ2) is 11.0. The van der Waals surface area contributed by atoms with Gasteiger partial charge in [0, 0.05) is 13.1 Å². The number of hydrogen-bond acceptors (Lipinski definition) is 2. The van der Waals surface area contributed by atoms with Crippen LogP contribution in [0.25, 0.3) is 0 Å². The summed E-state index contributed by atoms with van der Waals surface area (Å²) in [5.41, 5.74) is 1.67. The van der Waals surface area contributed by atoms with Crippen molar-refractivity contribution in [1.29, 1.82) is 0 Å². The van der Waals surface area contributed by atoms with Crippen LogP contribution in [0.3, 0.4) is 0 Å². The second-order valence-corrected chi connectivity index (χ2v) is 6.46. The molecule has 0 saturated heterocycles. The molecular formula is C21H25F2N3O2. The minimum Gasteiger partial charge on any atom is -0.354 e. The summed E-state index contributed by atoms with van der Waals surface area (Å²) in [5.74, 6) is -0.902. The number of carbonyl (C=O) groups excluding carboxylic acids is 2. The number of hydrogen-bond donors (Lipinski definition) is 3. The van der Waals surface area contributed by atoms with Crippen LogP contribution >= 0.6 is 0 Å². The summed E-state index contributed by atoms with van der Waals surface area (Å²) in [6.45, 7) is 2.55. The summed E-state index contributed by atoms with van der Waals surface area (Å²) in [7, 11) is 0. The van der Waals surface area contributed by atoms with Crippen molar-refractivity contribution in [2.75, 3.05) is 6.54 Å². The first-order chi connectivity index (χ1) is 13.5. The summed E-state index contributed by atoms with van der Waals surface area (Å²) in [6.07, 6.45) is 1.81. The average Bonchev–Trinajstić information content (AvgIpc) is 2.68. The molecule has 0 bridgehead atoms. The van der Waals surface area contributed by atoms with Crippen LogP contribution in [-0.2, 0) is 17.8 Å². The van der Waals surface area contributed by atoms with E-state index in [-0.39, 0.29) is 24.1 Å². The van der Waals surface area contributed by atoms with Gasteiger partial charge >= 0.3 is 6.03 Å². The number of amides is 3. The van der Waals surface area contributed by atoms with Crippen LogP contribution in [0.15, 0.2) is 48.5 Å². The summed E-state index contributed by atoms with van der Waals surface area (Å²) in [4.78, 5) is 24.5. The third kappa shape index (κ3) is 7.34. The molecule has 1 atom stereocenters. The number of carbonyl (C=O) groups is 2. The predicted octanol–water partition coefficient (Wildman–Crippen LogP) is 3.29. The lowest BCUT2D eigenvalue weighted by Crippen LogP contribution is -2.50. The monoisotopic (exact) mass is 389 g/mol. The number of halogens is 2.